The Morgan fingerprint density at radius 2 is 2.00 bits per heavy atom. The van der Waals surface area contributed by atoms with E-state index in [2.05, 4.69) is 5.32 Å². The smallest absolute Gasteiger partial charge is 0.315 e. The number of nitrogens with zero attached hydrogens (tertiary/aromatic N) is 1. The lowest BCUT2D eigenvalue weighted by atomic mass is 10.2. The Balaban J connectivity index is 2.44. The molecule has 0 aromatic heterocycles. The maximum Gasteiger partial charge on any atom is 0.315 e. The van der Waals surface area contributed by atoms with Crippen molar-refractivity contribution < 1.29 is 9.31 Å². The molecule has 0 amide bonds. The number of nitrogens with two attached hydrogens (primary N) is 1. The van der Waals surface area contributed by atoms with Gasteiger partial charge in [-0.2, -0.15) is 0 Å². The van der Waals surface area contributed by atoms with Gasteiger partial charge in [-0.05, 0) is 52.9 Å². The van der Waals surface area contributed by atoms with Crippen LogP contribution in [-0.2, 0) is 0 Å². The lowest BCUT2D eigenvalue weighted by Crippen LogP contribution is -2.01. The van der Waals surface area contributed by atoms with Gasteiger partial charge in [0.25, 0.3) is 0 Å². The fourth-order valence-electron chi connectivity index (χ4n) is 1.60. The quantitative estimate of drug-likeness (QED) is 0.372. The Hall–Kier alpha value is -1.90. The van der Waals surface area contributed by atoms with Gasteiger partial charge in [0.15, 0.2) is 0 Å². The summed E-state index contributed by atoms with van der Waals surface area (Å²) in [6, 6.07) is 8.75. The summed E-state index contributed by atoms with van der Waals surface area (Å²) in [6.45, 7) is 0. The number of benzene rings is 2. The molecular weight excluding hydrogens is 364 g/mol. The normalized spacial score (nSPS) is 10.2. The van der Waals surface area contributed by atoms with Crippen molar-refractivity contribution in [2.75, 3.05) is 11.1 Å². The van der Waals surface area contributed by atoms with Gasteiger partial charge >= 0.3 is 5.69 Å². The summed E-state index contributed by atoms with van der Waals surface area (Å²) in [4.78, 5) is 10.4. The maximum absolute atomic E-state index is 13.0. The Bertz CT molecular complexity index is 649. The first-order valence-corrected chi connectivity index (χ1v) is 6.32. The van der Waals surface area contributed by atoms with Gasteiger partial charge in [0.1, 0.15) is 17.2 Å². The van der Waals surface area contributed by atoms with Crippen molar-refractivity contribution in [2.24, 2.45) is 0 Å². The Labute approximate surface area is 121 Å². The van der Waals surface area contributed by atoms with Crippen molar-refractivity contribution in [3.8, 4) is 0 Å². The van der Waals surface area contributed by atoms with E-state index in [0.29, 0.717) is 9.26 Å². The molecule has 0 saturated carbocycles. The number of rotatable bonds is 3. The first kappa shape index (κ1) is 13.5. The van der Waals surface area contributed by atoms with Crippen molar-refractivity contribution >= 4 is 45.3 Å². The van der Waals surface area contributed by atoms with Crippen LogP contribution in [-0.4, -0.2) is 4.92 Å². The monoisotopic (exact) mass is 373 g/mol. The summed E-state index contributed by atoms with van der Waals surface area (Å²) < 4.78 is 13.6. The van der Waals surface area contributed by atoms with E-state index < -0.39 is 4.92 Å². The van der Waals surface area contributed by atoms with Gasteiger partial charge in [-0.25, -0.2) is 4.39 Å². The van der Waals surface area contributed by atoms with Gasteiger partial charge < -0.3 is 11.1 Å². The molecular formula is C12H9FIN3O2. The maximum atomic E-state index is 13.0. The minimum Gasteiger partial charge on any atom is -0.393 e. The predicted octanol–water partition coefficient (Wildman–Crippen LogP) is 3.66. The minimum atomic E-state index is -0.548. The molecule has 0 saturated heterocycles. The number of anilines is 3. The van der Waals surface area contributed by atoms with Gasteiger partial charge in [0.05, 0.1) is 10.6 Å². The van der Waals surface area contributed by atoms with Crippen LogP contribution in [0.4, 0.5) is 27.1 Å². The molecule has 19 heavy (non-hydrogen) atoms. The molecule has 0 bridgehead atoms. The van der Waals surface area contributed by atoms with E-state index in [0.717, 1.165) is 0 Å². The highest BCUT2D eigenvalue weighted by Crippen LogP contribution is 2.33. The molecule has 0 atom stereocenters. The molecule has 0 aliphatic carbocycles. The zero-order chi connectivity index (χ0) is 14.0. The van der Waals surface area contributed by atoms with Crippen molar-refractivity contribution in [1.82, 2.24) is 0 Å². The van der Waals surface area contributed by atoms with E-state index in [1.54, 1.807) is 12.1 Å². The van der Waals surface area contributed by atoms with Gasteiger partial charge in [0.2, 0.25) is 0 Å². The predicted molar refractivity (Wildman–Crippen MR) is 79.9 cm³/mol. The number of nitrogens with one attached hydrogen (secondary N) is 1. The number of nitro groups is 1. The van der Waals surface area contributed by atoms with E-state index in [4.69, 9.17) is 5.73 Å². The van der Waals surface area contributed by atoms with Crippen LogP contribution in [0.15, 0.2) is 36.4 Å². The van der Waals surface area contributed by atoms with Gasteiger partial charge in [0, 0.05) is 3.57 Å². The number of nitrogen functional groups attached to an aromatic ring is 1. The fourth-order valence-corrected chi connectivity index (χ4v) is 2.21. The van der Waals surface area contributed by atoms with Gasteiger partial charge in [-0.3, -0.25) is 10.1 Å². The summed E-state index contributed by atoms with van der Waals surface area (Å²) in [7, 11) is 0. The second-order valence-corrected chi connectivity index (χ2v) is 4.91. The Kier molecular flexibility index (Phi) is 3.84. The highest BCUT2D eigenvalue weighted by molar-refractivity contribution is 14.1. The third kappa shape index (κ3) is 2.92. The summed E-state index contributed by atoms with van der Waals surface area (Å²) in [5.74, 6) is -0.364. The summed E-state index contributed by atoms with van der Waals surface area (Å²) in [5.41, 5.74) is 6.33. The molecule has 0 radical (unpaired) electrons. The molecule has 0 fully saturated rings. The SMILES string of the molecule is Nc1cccc(Nc2ccc(F)cc2I)c1[N+](=O)[O-]. The van der Waals surface area contributed by atoms with Crippen molar-refractivity contribution in [3.05, 3.63) is 55.9 Å². The fraction of sp³-hybridized carbons (Fsp3) is 0. The van der Waals surface area contributed by atoms with E-state index in [-0.39, 0.29) is 22.9 Å². The second kappa shape index (κ2) is 5.39. The van der Waals surface area contributed by atoms with Crippen LogP contribution in [0.1, 0.15) is 0 Å². The van der Waals surface area contributed by atoms with Crippen LogP contribution in [0.3, 0.4) is 0 Å². The molecule has 2 aromatic rings. The van der Waals surface area contributed by atoms with E-state index in [9.17, 15) is 14.5 Å². The average Bonchev–Trinajstić information content (AvgIpc) is 2.32. The van der Waals surface area contributed by atoms with E-state index >= 15 is 0 Å². The van der Waals surface area contributed by atoms with Crippen molar-refractivity contribution in [3.63, 3.8) is 0 Å². The van der Waals surface area contributed by atoms with Gasteiger partial charge in [-0.15, -0.1) is 0 Å². The number of hydrogen-bond acceptors (Lipinski definition) is 4. The molecule has 0 aliphatic rings. The van der Waals surface area contributed by atoms with Crippen LogP contribution < -0.4 is 11.1 Å². The molecule has 98 valence electrons. The van der Waals surface area contributed by atoms with E-state index in [1.807, 2.05) is 22.6 Å². The second-order valence-electron chi connectivity index (χ2n) is 3.75. The summed E-state index contributed by atoms with van der Waals surface area (Å²) in [6.07, 6.45) is 0. The lowest BCUT2D eigenvalue weighted by Gasteiger charge is -2.10. The average molecular weight is 373 g/mol. The van der Waals surface area contributed by atoms with Crippen LogP contribution in [0.5, 0.6) is 0 Å². The topological polar surface area (TPSA) is 81.2 Å². The van der Waals surface area contributed by atoms with Crippen LogP contribution >= 0.6 is 22.6 Å². The van der Waals surface area contributed by atoms with Crippen LogP contribution in [0.2, 0.25) is 0 Å². The number of nitro benzene ring substituents is 1. The third-order valence-electron chi connectivity index (χ3n) is 2.45. The Morgan fingerprint density at radius 3 is 2.63 bits per heavy atom. The minimum absolute atomic E-state index is 0.0760. The molecule has 0 unspecified atom stereocenters. The number of halogens is 2. The Morgan fingerprint density at radius 1 is 1.26 bits per heavy atom. The zero-order valence-corrected chi connectivity index (χ0v) is 11.7. The van der Waals surface area contributed by atoms with Crippen molar-refractivity contribution in [2.45, 2.75) is 0 Å². The van der Waals surface area contributed by atoms with Crippen LogP contribution in [0.25, 0.3) is 0 Å². The van der Waals surface area contributed by atoms with E-state index in [1.165, 1.54) is 24.3 Å². The molecule has 7 heteroatoms. The number of hydrogen-bond donors (Lipinski definition) is 2. The standard InChI is InChI=1S/C12H9FIN3O2/c13-7-4-5-10(8(14)6-7)16-11-3-1-2-9(15)12(11)17(18)19/h1-6,16H,15H2. The summed E-state index contributed by atoms with van der Waals surface area (Å²) in [5, 5.41) is 13.9. The third-order valence-corrected chi connectivity index (χ3v) is 3.34. The largest absolute Gasteiger partial charge is 0.393 e. The lowest BCUT2D eigenvalue weighted by molar-refractivity contribution is -0.383. The molecule has 5 nitrogen and oxygen atoms in total. The highest BCUT2D eigenvalue weighted by atomic mass is 127. The highest BCUT2D eigenvalue weighted by Gasteiger charge is 2.18. The number of para-hydroxylation sites is 1. The molecule has 0 aliphatic heterocycles. The van der Waals surface area contributed by atoms with Gasteiger partial charge in [-0.1, -0.05) is 6.07 Å². The first-order chi connectivity index (χ1) is 8.99. The molecule has 2 rings (SSSR count). The van der Waals surface area contributed by atoms with Crippen LogP contribution in [0, 0.1) is 19.5 Å². The zero-order valence-electron chi connectivity index (χ0n) is 9.56. The van der Waals surface area contributed by atoms with Crippen molar-refractivity contribution in [1.29, 1.82) is 0 Å². The molecule has 3 N–H and O–H groups in total. The first-order valence-electron chi connectivity index (χ1n) is 5.24. The molecule has 0 heterocycles. The summed E-state index contributed by atoms with van der Waals surface area (Å²) >= 11 is 1.95. The molecule has 2 aromatic carbocycles. The molecule has 0 spiro atoms.